The summed E-state index contributed by atoms with van der Waals surface area (Å²) in [5.41, 5.74) is 7.60. The molecule has 0 saturated heterocycles. The van der Waals surface area contributed by atoms with E-state index in [9.17, 15) is 0 Å². The highest BCUT2D eigenvalue weighted by atomic mass is 15.2. The second kappa shape index (κ2) is 6.06. The van der Waals surface area contributed by atoms with E-state index in [1.165, 1.54) is 37.7 Å². The highest BCUT2D eigenvalue weighted by molar-refractivity contribution is 5.05. The van der Waals surface area contributed by atoms with Crippen molar-refractivity contribution in [2.45, 2.75) is 51.1 Å². The van der Waals surface area contributed by atoms with Gasteiger partial charge in [0.2, 0.25) is 0 Å². The lowest BCUT2D eigenvalue weighted by atomic mass is 9.88. The molecule has 0 amide bonds. The molecule has 108 valence electrons. The van der Waals surface area contributed by atoms with Gasteiger partial charge < -0.3 is 5.73 Å². The fourth-order valence-electron chi connectivity index (χ4n) is 3.30. The third-order valence-corrected chi connectivity index (χ3v) is 4.81. The van der Waals surface area contributed by atoms with Crippen LogP contribution in [0.5, 0.6) is 0 Å². The lowest BCUT2D eigenvalue weighted by molar-refractivity contribution is 0.0986. The van der Waals surface area contributed by atoms with E-state index in [0.29, 0.717) is 0 Å². The largest absolute Gasteiger partial charge is 0.329 e. The third kappa shape index (κ3) is 3.37. The van der Waals surface area contributed by atoms with Gasteiger partial charge in [-0.2, -0.15) is 5.10 Å². The van der Waals surface area contributed by atoms with Crippen molar-refractivity contribution in [3.63, 3.8) is 0 Å². The van der Waals surface area contributed by atoms with Gasteiger partial charge in [-0.15, -0.1) is 0 Å². The molecule has 4 nitrogen and oxygen atoms in total. The van der Waals surface area contributed by atoms with Crippen LogP contribution in [-0.2, 0) is 13.6 Å². The average molecular weight is 264 g/mol. The van der Waals surface area contributed by atoms with Gasteiger partial charge in [-0.1, -0.05) is 19.8 Å². The van der Waals surface area contributed by atoms with Crippen molar-refractivity contribution in [3.05, 3.63) is 18.0 Å². The normalized spacial score (nSPS) is 28.6. The number of rotatable bonds is 4. The van der Waals surface area contributed by atoms with Gasteiger partial charge in [-0.05, 0) is 32.2 Å². The minimum absolute atomic E-state index is 0.181. The van der Waals surface area contributed by atoms with Gasteiger partial charge in [0, 0.05) is 37.4 Å². The maximum Gasteiger partial charge on any atom is 0.0534 e. The van der Waals surface area contributed by atoms with Crippen LogP contribution in [0, 0.1) is 5.92 Å². The summed E-state index contributed by atoms with van der Waals surface area (Å²) in [7, 11) is 4.19. The van der Waals surface area contributed by atoms with Gasteiger partial charge in [0.05, 0.1) is 6.20 Å². The molecule has 0 spiro atoms. The Kier molecular flexibility index (Phi) is 4.63. The highest BCUT2D eigenvalue weighted by Gasteiger charge is 2.34. The molecular formula is C15H28N4. The lowest BCUT2D eigenvalue weighted by Gasteiger charge is -2.41. The molecule has 0 aliphatic heterocycles. The van der Waals surface area contributed by atoms with Crippen LogP contribution >= 0.6 is 0 Å². The molecule has 1 aliphatic rings. The minimum atomic E-state index is 0.181. The summed E-state index contributed by atoms with van der Waals surface area (Å²) in [4.78, 5) is 2.46. The average Bonchev–Trinajstić information content (AvgIpc) is 2.68. The Hall–Kier alpha value is -0.870. The standard InChI is InChI=1S/C15H28N4/c1-13-5-4-7-15(12-16,8-6-13)18(2)10-14-9-17-19(3)11-14/h9,11,13H,4-8,10,12,16H2,1-3H3. The van der Waals surface area contributed by atoms with E-state index in [0.717, 1.165) is 19.0 Å². The minimum Gasteiger partial charge on any atom is -0.329 e. The molecule has 19 heavy (non-hydrogen) atoms. The smallest absolute Gasteiger partial charge is 0.0534 e. The number of nitrogens with zero attached hydrogens (tertiary/aromatic N) is 3. The summed E-state index contributed by atoms with van der Waals surface area (Å²) >= 11 is 0. The SMILES string of the molecule is CC1CCCC(CN)(N(C)Cc2cnn(C)c2)CC1. The zero-order valence-corrected chi connectivity index (χ0v) is 12.6. The number of aryl methyl sites for hydroxylation is 1. The fourth-order valence-corrected chi connectivity index (χ4v) is 3.30. The molecule has 2 rings (SSSR count). The molecule has 1 heterocycles. The zero-order chi connectivity index (χ0) is 13.9. The molecule has 2 unspecified atom stereocenters. The van der Waals surface area contributed by atoms with Gasteiger partial charge >= 0.3 is 0 Å². The lowest BCUT2D eigenvalue weighted by Crippen LogP contribution is -2.51. The number of nitrogens with two attached hydrogens (primary N) is 1. The third-order valence-electron chi connectivity index (χ3n) is 4.81. The maximum absolute atomic E-state index is 6.15. The fraction of sp³-hybridized carbons (Fsp3) is 0.800. The van der Waals surface area contributed by atoms with Crippen molar-refractivity contribution < 1.29 is 0 Å². The van der Waals surface area contributed by atoms with Gasteiger partial charge in [0.25, 0.3) is 0 Å². The van der Waals surface area contributed by atoms with Gasteiger partial charge in [-0.25, -0.2) is 0 Å². The summed E-state index contributed by atoms with van der Waals surface area (Å²) in [6.45, 7) is 4.07. The second-order valence-corrected chi connectivity index (χ2v) is 6.34. The number of aromatic nitrogens is 2. The van der Waals surface area contributed by atoms with Gasteiger partial charge in [0.1, 0.15) is 0 Å². The molecular weight excluding hydrogens is 236 g/mol. The molecule has 1 aliphatic carbocycles. The highest BCUT2D eigenvalue weighted by Crippen LogP contribution is 2.34. The van der Waals surface area contributed by atoms with Crippen molar-refractivity contribution in [3.8, 4) is 0 Å². The first-order chi connectivity index (χ1) is 9.05. The van der Waals surface area contributed by atoms with Crippen molar-refractivity contribution in [2.75, 3.05) is 13.6 Å². The topological polar surface area (TPSA) is 47.1 Å². The quantitative estimate of drug-likeness (QED) is 0.848. The Bertz CT molecular complexity index is 401. The number of hydrogen-bond donors (Lipinski definition) is 1. The van der Waals surface area contributed by atoms with Crippen LogP contribution in [0.2, 0.25) is 0 Å². The summed E-state index contributed by atoms with van der Waals surface area (Å²) in [5.74, 6) is 0.847. The predicted molar refractivity (Wildman–Crippen MR) is 78.7 cm³/mol. The molecule has 0 bridgehead atoms. The van der Waals surface area contributed by atoms with E-state index < -0.39 is 0 Å². The van der Waals surface area contributed by atoms with E-state index in [-0.39, 0.29) is 5.54 Å². The van der Waals surface area contributed by atoms with Crippen molar-refractivity contribution in [1.29, 1.82) is 0 Å². The van der Waals surface area contributed by atoms with Gasteiger partial charge in [0.15, 0.2) is 0 Å². The molecule has 0 radical (unpaired) electrons. The summed E-state index contributed by atoms with van der Waals surface area (Å²) in [6.07, 6.45) is 10.5. The number of likely N-dealkylation sites (N-methyl/N-ethyl adjacent to an activating group) is 1. The molecule has 4 heteroatoms. The summed E-state index contributed by atoms with van der Waals surface area (Å²) < 4.78 is 1.87. The molecule has 1 aromatic rings. The molecule has 2 N–H and O–H groups in total. The van der Waals surface area contributed by atoms with Crippen LogP contribution in [0.25, 0.3) is 0 Å². The van der Waals surface area contributed by atoms with Crippen molar-refractivity contribution in [1.82, 2.24) is 14.7 Å². The Morgan fingerprint density at radius 1 is 1.47 bits per heavy atom. The molecule has 1 aromatic heterocycles. The zero-order valence-electron chi connectivity index (χ0n) is 12.6. The predicted octanol–water partition coefficient (Wildman–Crippen LogP) is 2.15. The summed E-state index contributed by atoms with van der Waals surface area (Å²) in [6, 6.07) is 0. The Morgan fingerprint density at radius 2 is 2.26 bits per heavy atom. The van der Waals surface area contributed by atoms with Gasteiger partial charge in [-0.3, -0.25) is 9.58 Å². The van der Waals surface area contributed by atoms with Crippen LogP contribution in [0.3, 0.4) is 0 Å². The molecule has 1 saturated carbocycles. The Morgan fingerprint density at radius 3 is 2.89 bits per heavy atom. The van der Waals surface area contributed by atoms with Crippen molar-refractivity contribution >= 4 is 0 Å². The van der Waals surface area contributed by atoms with Crippen LogP contribution in [0.4, 0.5) is 0 Å². The van der Waals surface area contributed by atoms with E-state index in [1.807, 2.05) is 17.9 Å². The van der Waals surface area contributed by atoms with Crippen LogP contribution < -0.4 is 5.73 Å². The first kappa shape index (κ1) is 14.5. The summed E-state index contributed by atoms with van der Waals surface area (Å²) in [5, 5.41) is 4.25. The number of hydrogen-bond acceptors (Lipinski definition) is 3. The van der Waals surface area contributed by atoms with Crippen molar-refractivity contribution in [2.24, 2.45) is 18.7 Å². The van der Waals surface area contributed by atoms with E-state index in [2.05, 4.69) is 30.2 Å². The Labute approximate surface area is 117 Å². The molecule has 0 aromatic carbocycles. The van der Waals surface area contributed by atoms with Crippen LogP contribution in [0.1, 0.15) is 44.6 Å². The van der Waals surface area contributed by atoms with E-state index in [1.54, 1.807) is 0 Å². The molecule has 1 fully saturated rings. The Balaban J connectivity index is 2.06. The first-order valence-corrected chi connectivity index (χ1v) is 7.44. The van der Waals surface area contributed by atoms with E-state index in [4.69, 9.17) is 5.73 Å². The van der Waals surface area contributed by atoms with Crippen LogP contribution in [-0.4, -0.2) is 33.8 Å². The second-order valence-electron chi connectivity index (χ2n) is 6.34. The van der Waals surface area contributed by atoms with Crippen LogP contribution in [0.15, 0.2) is 12.4 Å². The first-order valence-electron chi connectivity index (χ1n) is 7.44. The monoisotopic (exact) mass is 264 g/mol. The van der Waals surface area contributed by atoms with E-state index >= 15 is 0 Å². The molecule has 2 atom stereocenters. The maximum atomic E-state index is 6.15.